The monoisotopic (exact) mass is 159 g/mol. The van der Waals surface area contributed by atoms with Crippen LogP contribution in [0, 0.1) is 11.3 Å². The molecule has 0 aliphatic heterocycles. The van der Waals surface area contributed by atoms with Gasteiger partial charge in [-0.3, -0.25) is 0 Å². The summed E-state index contributed by atoms with van der Waals surface area (Å²) in [7, 11) is 0. The van der Waals surface area contributed by atoms with Crippen LogP contribution in [0.15, 0.2) is 24.3 Å². The Balaban J connectivity index is 2.58. The fourth-order valence-corrected chi connectivity index (χ4v) is 1.71. The molecule has 12 heavy (non-hydrogen) atoms. The van der Waals surface area contributed by atoms with E-state index < -0.39 is 5.60 Å². The number of hydrogen-bond acceptors (Lipinski definition) is 2. The van der Waals surface area contributed by atoms with E-state index >= 15 is 0 Å². The van der Waals surface area contributed by atoms with E-state index in [1.54, 1.807) is 0 Å². The molecule has 0 saturated heterocycles. The molecule has 1 N–H and O–H groups in total. The quantitative estimate of drug-likeness (QED) is 0.580. The first-order valence-electron chi connectivity index (χ1n) is 3.98. The number of benzene rings is 1. The number of aryl methyl sites for hydroxylation is 1. The summed E-state index contributed by atoms with van der Waals surface area (Å²) in [6.45, 7) is 0. The first kappa shape index (κ1) is 7.33. The lowest BCUT2D eigenvalue weighted by atomic mass is 9.98. The first-order chi connectivity index (χ1) is 5.76. The van der Waals surface area contributed by atoms with Crippen molar-refractivity contribution in [3.8, 4) is 6.07 Å². The molecule has 0 bridgehead atoms. The molecule has 2 heteroatoms. The minimum Gasteiger partial charge on any atom is -0.371 e. The summed E-state index contributed by atoms with van der Waals surface area (Å²) in [4.78, 5) is 0. The van der Waals surface area contributed by atoms with E-state index in [0.29, 0.717) is 6.42 Å². The number of aliphatic hydroxyl groups is 1. The maximum Gasteiger partial charge on any atom is 0.177 e. The third kappa shape index (κ3) is 0.838. The van der Waals surface area contributed by atoms with E-state index in [1.807, 2.05) is 30.3 Å². The molecule has 1 aromatic carbocycles. The van der Waals surface area contributed by atoms with E-state index in [2.05, 4.69) is 0 Å². The molecule has 0 heterocycles. The number of fused-ring (bicyclic) bond motifs is 1. The van der Waals surface area contributed by atoms with Crippen LogP contribution in [0.2, 0.25) is 0 Å². The molecular weight excluding hydrogens is 150 g/mol. The smallest absolute Gasteiger partial charge is 0.177 e. The maximum absolute atomic E-state index is 9.79. The zero-order valence-corrected chi connectivity index (χ0v) is 6.62. The number of hydrogen-bond donors (Lipinski definition) is 1. The average molecular weight is 159 g/mol. The summed E-state index contributed by atoms with van der Waals surface area (Å²) in [5.74, 6) is 0. The molecule has 0 unspecified atom stereocenters. The predicted octanol–water partition coefficient (Wildman–Crippen LogP) is 1.34. The SMILES string of the molecule is N#C[C@]1(O)CCc2ccccc21. The Morgan fingerprint density at radius 3 is 2.92 bits per heavy atom. The summed E-state index contributed by atoms with van der Waals surface area (Å²) in [6, 6.07) is 9.53. The second-order valence-electron chi connectivity index (χ2n) is 3.13. The van der Waals surface area contributed by atoms with E-state index in [-0.39, 0.29) is 0 Å². The molecule has 0 spiro atoms. The zero-order chi connectivity index (χ0) is 8.60. The maximum atomic E-state index is 9.79. The molecule has 0 saturated carbocycles. The lowest BCUT2D eigenvalue weighted by molar-refractivity contribution is 0.1000. The average Bonchev–Trinajstić information content (AvgIpc) is 2.46. The van der Waals surface area contributed by atoms with Crippen molar-refractivity contribution < 1.29 is 5.11 Å². The van der Waals surface area contributed by atoms with Crippen LogP contribution in [-0.2, 0) is 12.0 Å². The molecule has 60 valence electrons. The first-order valence-corrected chi connectivity index (χ1v) is 3.98. The molecule has 1 aliphatic carbocycles. The van der Waals surface area contributed by atoms with Crippen LogP contribution in [0.3, 0.4) is 0 Å². The molecule has 1 atom stereocenters. The van der Waals surface area contributed by atoms with Crippen molar-refractivity contribution in [2.24, 2.45) is 0 Å². The lowest BCUT2D eigenvalue weighted by Gasteiger charge is -2.13. The van der Waals surface area contributed by atoms with Gasteiger partial charge in [-0.2, -0.15) is 5.26 Å². The standard InChI is InChI=1S/C10H9NO/c11-7-10(12)6-5-8-3-1-2-4-9(8)10/h1-4,12H,5-6H2/t10-/m1/s1. The van der Waals surface area contributed by atoms with Crippen molar-refractivity contribution in [1.29, 1.82) is 5.26 Å². The molecule has 0 fully saturated rings. The summed E-state index contributed by atoms with van der Waals surface area (Å²) in [5, 5.41) is 18.6. The highest BCUT2D eigenvalue weighted by molar-refractivity contribution is 5.40. The molecule has 0 radical (unpaired) electrons. The third-order valence-corrected chi connectivity index (χ3v) is 2.40. The predicted molar refractivity (Wildman–Crippen MR) is 44.3 cm³/mol. The Morgan fingerprint density at radius 1 is 1.42 bits per heavy atom. The van der Waals surface area contributed by atoms with Crippen LogP contribution >= 0.6 is 0 Å². The van der Waals surface area contributed by atoms with Crippen molar-refractivity contribution in [2.75, 3.05) is 0 Å². The molecule has 0 aromatic heterocycles. The van der Waals surface area contributed by atoms with Crippen molar-refractivity contribution in [3.63, 3.8) is 0 Å². The summed E-state index contributed by atoms with van der Waals surface area (Å²) in [5.41, 5.74) is 0.658. The van der Waals surface area contributed by atoms with Crippen LogP contribution in [-0.4, -0.2) is 5.11 Å². The van der Waals surface area contributed by atoms with Gasteiger partial charge in [0.25, 0.3) is 0 Å². The fraction of sp³-hybridized carbons (Fsp3) is 0.300. The van der Waals surface area contributed by atoms with Gasteiger partial charge in [-0.05, 0) is 18.4 Å². The van der Waals surface area contributed by atoms with E-state index in [0.717, 1.165) is 17.5 Å². The van der Waals surface area contributed by atoms with Crippen LogP contribution in [0.4, 0.5) is 0 Å². The number of rotatable bonds is 0. The van der Waals surface area contributed by atoms with Crippen molar-refractivity contribution >= 4 is 0 Å². The second-order valence-corrected chi connectivity index (χ2v) is 3.13. The van der Waals surface area contributed by atoms with Gasteiger partial charge in [-0.15, -0.1) is 0 Å². The van der Waals surface area contributed by atoms with Crippen LogP contribution in [0.25, 0.3) is 0 Å². The lowest BCUT2D eigenvalue weighted by Crippen LogP contribution is -2.18. The van der Waals surface area contributed by atoms with Crippen molar-refractivity contribution in [3.05, 3.63) is 35.4 Å². The van der Waals surface area contributed by atoms with Gasteiger partial charge in [-0.25, -0.2) is 0 Å². The summed E-state index contributed by atoms with van der Waals surface area (Å²) >= 11 is 0. The fourth-order valence-electron chi connectivity index (χ4n) is 1.71. The molecular formula is C10H9NO. The van der Waals surface area contributed by atoms with Crippen molar-refractivity contribution in [1.82, 2.24) is 0 Å². The highest BCUT2D eigenvalue weighted by Gasteiger charge is 2.36. The number of nitriles is 1. The van der Waals surface area contributed by atoms with Crippen LogP contribution in [0.5, 0.6) is 0 Å². The van der Waals surface area contributed by atoms with Gasteiger partial charge >= 0.3 is 0 Å². The molecule has 2 nitrogen and oxygen atoms in total. The van der Waals surface area contributed by atoms with Gasteiger partial charge in [-0.1, -0.05) is 24.3 Å². The van der Waals surface area contributed by atoms with Gasteiger partial charge in [0.15, 0.2) is 5.60 Å². The number of nitrogens with zero attached hydrogens (tertiary/aromatic N) is 1. The van der Waals surface area contributed by atoms with E-state index in [1.165, 1.54) is 0 Å². The van der Waals surface area contributed by atoms with Crippen molar-refractivity contribution in [2.45, 2.75) is 18.4 Å². The topological polar surface area (TPSA) is 44.0 Å². The second kappa shape index (κ2) is 2.33. The van der Waals surface area contributed by atoms with Gasteiger partial charge < -0.3 is 5.11 Å². The Morgan fingerprint density at radius 2 is 2.17 bits per heavy atom. The van der Waals surface area contributed by atoms with Gasteiger partial charge in [0.05, 0.1) is 0 Å². The Labute approximate surface area is 71.1 Å². The minimum absolute atomic E-state index is 0.531. The summed E-state index contributed by atoms with van der Waals surface area (Å²) < 4.78 is 0. The Hall–Kier alpha value is -1.33. The van der Waals surface area contributed by atoms with Crippen LogP contribution < -0.4 is 0 Å². The van der Waals surface area contributed by atoms with Gasteiger partial charge in [0.1, 0.15) is 6.07 Å². The highest BCUT2D eigenvalue weighted by Crippen LogP contribution is 2.35. The van der Waals surface area contributed by atoms with Gasteiger partial charge in [0.2, 0.25) is 0 Å². The Bertz CT molecular complexity index is 353. The molecule has 0 amide bonds. The molecule has 2 rings (SSSR count). The largest absolute Gasteiger partial charge is 0.371 e. The molecule has 1 aromatic rings. The minimum atomic E-state index is -1.23. The molecule has 1 aliphatic rings. The summed E-state index contributed by atoms with van der Waals surface area (Å²) in [6.07, 6.45) is 1.34. The Kier molecular flexibility index (Phi) is 1.42. The van der Waals surface area contributed by atoms with E-state index in [9.17, 15) is 5.11 Å². The van der Waals surface area contributed by atoms with Gasteiger partial charge in [0, 0.05) is 5.56 Å². The van der Waals surface area contributed by atoms with E-state index in [4.69, 9.17) is 5.26 Å². The highest BCUT2D eigenvalue weighted by atomic mass is 16.3. The third-order valence-electron chi connectivity index (χ3n) is 2.40. The normalized spacial score (nSPS) is 26.3. The van der Waals surface area contributed by atoms with Crippen LogP contribution in [0.1, 0.15) is 17.5 Å². The zero-order valence-electron chi connectivity index (χ0n) is 6.62.